The van der Waals surface area contributed by atoms with E-state index in [1.165, 1.54) is 69.9 Å². The molecule has 3 aromatic rings. The molecule has 138 valence electrons. The second-order valence-corrected chi connectivity index (χ2v) is 9.07. The van der Waals surface area contributed by atoms with E-state index in [1.807, 2.05) is 0 Å². The van der Waals surface area contributed by atoms with Gasteiger partial charge < -0.3 is 0 Å². The van der Waals surface area contributed by atoms with E-state index in [-0.39, 0.29) is 0 Å². The van der Waals surface area contributed by atoms with E-state index in [2.05, 4.69) is 85.9 Å². The van der Waals surface area contributed by atoms with Crippen LogP contribution in [0, 0.1) is 0 Å². The number of hydrogen-bond acceptors (Lipinski definition) is 2. The molecule has 0 radical (unpaired) electrons. The van der Waals surface area contributed by atoms with Crippen LogP contribution >= 0.6 is 23.5 Å². The molecule has 0 N–H and O–H groups in total. The first kappa shape index (κ1) is 19.6. The van der Waals surface area contributed by atoms with Gasteiger partial charge in [0.05, 0.1) is 0 Å². The molecule has 3 rings (SSSR count). The summed E-state index contributed by atoms with van der Waals surface area (Å²) >= 11 is 4.17. The Morgan fingerprint density at radius 3 is 1.23 bits per heavy atom. The molecule has 0 saturated heterocycles. The minimum atomic E-state index is 1.12. The lowest BCUT2D eigenvalue weighted by Crippen LogP contribution is -1.95. The van der Waals surface area contributed by atoms with Crippen LogP contribution in [0.4, 0.5) is 0 Å². The van der Waals surface area contributed by atoms with Crippen molar-refractivity contribution < 1.29 is 0 Å². The lowest BCUT2D eigenvalue weighted by atomic mass is 9.93. The van der Waals surface area contributed by atoms with E-state index >= 15 is 0 Å². The Kier molecular flexibility index (Phi) is 7.76. The molecule has 3 aromatic carbocycles. The van der Waals surface area contributed by atoms with Crippen LogP contribution in [-0.2, 0) is 11.5 Å². The van der Waals surface area contributed by atoms with Crippen LogP contribution in [0.15, 0.2) is 48.5 Å². The maximum atomic E-state index is 2.33. The highest BCUT2D eigenvalue weighted by Gasteiger charge is 2.13. The first-order valence-electron chi connectivity index (χ1n) is 9.93. The molecular formula is C24H30S2. The van der Waals surface area contributed by atoms with Gasteiger partial charge in [0.1, 0.15) is 0 Å². The van der Waals surface area contributed by atoms with Crippen LogP contribution in [0.5, 0.6) is 0 Å². The number of unbranched alkanes of at least 4 members (excludes halogenated alkanes) is 2. The summed E-state index contributed by atoms with van der Waals surface area (Å²) in [6.45, 7) is 4.55. The highest BCUT2D eigenvalue weighted by molar-refractivity contribution is 7.98. The van der Waals surface area contributed by atoms with E-state index in [0.29, 0.717) is 0 Å². The second kappa shape index (κ2) is 10.3. The fourth-order valence-corrected chi connectivity index (χ4v) is 5.77. The fourth-order valence-electron chi connectivity index (χ4n) is 3.46. The van der Waals surface area contributed by atoms with Crippen molar-refractivity contribution in [2.75, 3.05) is 11.5 Å². The third kappa shape index (κ3) is 4.58. The molecule has 0 amide bonds. The Hall–Kier alpha value is -1.12. The Labute approximate surface area is 167 Å². The first-order valence-corrected chi connectivity index (χ1v) is 12.2. The quantitative estimate of drug-likeness (QED) is 0.257. The Bertz CT molecular complexity index is 711. The number of thioether (sulfide) groups is 2. The zero-order chi connectivity index (χ0) is 18.2. The second-order valence-electron chi connectivity index (χ2n) is 6.86. The summed E-state index contributed by atoms with van der Waals surface area (Å²) in [5.41, 5.74) is 3.05. The highest BCUT2D eigenvalue weighted by Crippen LogP contribution is 2.36. The normalized spacial score (nSPS) is 11.5. The summed E-state index contributed by atoms with van der Waals surface area (Å²) in [5.74, 6) is 4.75. The smallest absolute Gasteiger partial charge is 0.0196 e. The molecular weight excluding hydrogens is 352 g/mol. The molecule has 0 fully saturated rings. The van der Waals surface area contributed by atoms with Crippen LogP contribution in [0.2, 0.25) is 0 Å². The topological polar surface area (TPSA) is 0 Å². The third-order valence-electron chi connectivity index (χ3n) is 4.93. The Morgan fingerprint density at radius 2 is 0.923 bits per heavy atom. The predicted molar refractivity (Wildman–Crippen MR) is 124 cm³/mol. The molecule has 0 heterocycles. The standard InChI is InChI=1S/C24H30S2/c1-3-5-15-25-17-23-19-11-7-9-13-21(19)24(18-26-16-6-4-2)22-14-10-8-12-20(22)23/h7-14H,3-6,15-18H2,1-2H3. The van der Waals surface area contributed by atoms with E-state index in [0.717, 1.165) is 11.5 Å². The van der Waals surface area contributed by atoms with Gasteiger partial charge in [0, 0.05) is 11.5 Å². The van der Waals surface area contributed by atoms with Crippen molar-refractivity contribution in [3.8, 4) is 0 Å². The maximum absolute atomic E-state index is 2.33. The van der Waals surface area contributed by atoms with Gasteiger partial charge in [-0.1, -0.05) is 75.2 Å². The van der Waals surface area contributed by atoms with Crippen molar-refractivity contribution in [3.05, 3.63) is 59.7 Å². The third-order valence-corrected chi connectivity index (χ3v) is 7.07. The Balaban J connectivity index is 2.03. The molecule has 0 saturated carbocycles. The summed E-state index contributed by atoms with van der Waals surface area (Å²) in [6, 6.07) is 18.1. The number of benzene rings is 3. The van der Waals surface area contributed by atoms with E-state index in [4.69, 9.17) is 0 Å². The summed E-state index contributed by atoms with van der Waals surface area (Å²) in [5, 5.41) is 5.84. The highest BCUT2D eigenvalue weighted by atomic mass is 32.2. The summed E-state index contributed by atoms with van der Waals surface area (Å²) < 4.78 is 0. The van der Waals surface area contributed by atoms with Crippen LogP contribution in [0.3, 0.4) is 0 Å². The van der Waals surface area contributed by atoms with Crippen LogP contribution in [-0.4, -0.2) is 11.5 Å². The van der Waals surface area contributed by atoms with E-state index in [1.54, 1.807) is 0 Å². The van der Waals surface area contributed by atoms with Crippen LogP contribution in [0.1, 0.15) is 50.7 Å². The number of hydrogen-bond donors (Lipinski definition) is 0. The molecule has 0 aromatic heterocycles. The molecule has 0 unspecified atom stereocenters. The van der Waals surface area contributed by atoms with Gasteiger partial charge in [-0.2, -0.15) is 23.5 Å². The fraction of sp³-hybridized carbons (Fsp3) is 0.417. The molecule has 0 nitrogen and oxygen atoms in total. The Morgan fingerprint density at radius 1 is 0.577 bits per heavy atom. The molecule has 0 aliphatic heterocycles. The monoisotopic (exact) mass is 382 g/mol. The molecule has 0 bridgehead atoms. The average molecular weight is 383 g/mol. The zero-order valence-corrected chi connectivity index (χ0v) is 17.7. The lowest BCUT2D eigenvalue weighted by molar-refractivity contribution is 0.896. The minimum Gasteiger partial charge on any atom is -0.157 e. The van der Waals surface area contributed by atoms with Crippen molar-refractivity contribution in [1.29, 1.82) is 0 Å². The van der Waals surface area contributed by atoms with Gasteiger partial charge in [0.25, 0.3) is 0 Å². The minimum absolute atomic E-state index is 1.12. The SMILES string of the molecule is CCCCSCc1c2ccccc2c(CSCCCC)c2ccccc12. The number of fused-ring (bicyclic) bond motifs is 2. The summed E-state index contributed by atoms with van der Waals surface area (Å²) in [7, 11) is 0. The van der Waals surface area contributed by atoms with Gasteiger partial charge in [-0.3, -0.25) is 0 Å². The predicted octanol–water partition coefficient (Wildman–Crippen LogP) is 8.06. The lowest BCUT2D eigenvalue weighted by Gasteiger charge is -2.17. The molecule has 2 heteroatoms. The average Bonchev–Trinajstić information content (AvgIpc) is 2.69. The van der Waals surface area contributed by atoms with Gasteiger partial charge >= 0.3 is 0 Å². The summed E-state index contributed by atoms with van der Waals surface area (Å²) in [6.07, 6.45) is 5.18. The van der Waals surface area contributed by atoms with Crippen molar-refractivity contribution in [3.63, 3.8) is 0 Å². The number of rotatable bonds is 10. The molecule has 26 heavy (non-hydrogen) atoms. The van der Waals surface area contributed by atoms with Crippen LogP contribution < -0.4 is 0 Å². The van der Waals surface area contributed by atoms with E-state index in [9.17, 15) is 0 Å². The molecule has 0 aliphatic rings. The largest absolute Gasteiger partial charge is 0.157 e. The van der Waals surface area contributed by atoms with Crippen molar-refractivity contribution in [1.82, 2.24) is 0 Å². The van der Waals surface area contributed by atoms with E-state index < -0.39 is 0 Å². The molecule has 0 atom stereocenters. The van der Waals surface area contributed by atoms with Gasteiger partial charge in [-0.25, -0.2) is 0 Å². The molecule has 0 aliphatic carbocycles. The van der Waals surface area contributed by atoms with Crippen molar-refractivity contribution >= 4 is 45.1 Å². The van der Waals surface area contributed by atoms with Gasteiger partial charge in [0.2, 0.25) is 0 Å². The maximum Gasteiger partial charge on any atom is 0.0196 e. The summed E-state index contributed by atoms with van der Waals surface area (Å²) in [4.78, 5) is 0. The van der Waals surface area contributed by atoms with Crippen LogP contribution in [0.25, 0.3) is 21.5 Å². The zero-order valence-electron chi connectivity index (χ0n) is 16.1. The van der Waals surface area contributed by atoms with Crippen molar-refractivity contribution in [2.45, 2.75) is 51.0 Å². The van der Waals surface area contributed by atoms with Gasteiger partial charge in [-0.05, 0) is 57.0 Å². The van der Waals surface area contributed by atoms with Gasteiger partial charge in [0.15, 0.2) is 0 Å². The molecule has 0 spiro atoms. The van der Waals surface area contributed by atoms with Gasteiger partial charge in [-0.15, -0.1) is 0 Å². The first-order chi connectivity index (χ1) is 12.9. The van der Waals surface area contributed by atoms with Crippen molar-refractivity contribution in [2.24, 2.45) is 0 Å².